The fourth-order valence-corrected chi connectivity index (χ4v) is 6.49. The smallest absolute Gasteiger partial charge is 0.411 e. The number of primary amides is 1. The molecule has 2 aromatic carbocycles. The molecule has 5 rings (SSSR count). The first kappa shape index (κ1) is 27.9. The minimum Gasteiger partial charge on any atom is -0.510 e. The fourth-order valence-electron chi connectivity index (χ4n) is 6.49. The summed E-state index contributed by atoms with van der Waals surface area (Å²) in [7, 11) is 2.96. The number of hydrogen-bond acceptors (Lipinski definition) is 10. The van der Waals surface area contributed by atoms with Gasteiger partial charge in [-0.25, -0.2) is 4.79 Å². The molecule has 0 radical (unpaired) electrons. The third kappa shape index (κ3) is 3.98. The number of nitrogens with two attached hydrogens (primary N) is 1. The molecule has 0 aliphatic heterocycles. The molecule has 3 aliphatic carbocycles. The van der Waals surface area contributed by atoms with Gasteiger partial charge in [0.25, 0.3) is 5.91 Å². The Kier molecular flexibility index (Phi) is 6.63. The van der Waals surface area contributed by atoms with Gasteiger partial charge in [-0.1, -0.05) is 37.3 Å². The van der Waals surface area contributed by atoms with E-state index in [2.05, 4.69) is 5.32 Å². The average molecular weight is 564 g/mol. The zero-order chi connectivity index (χ0) is 30.0. The third-order valence-corrected chi connectivity index (χ3v) is 8.23. The van der Waals surface area contributed by atoms with Crippen molar-refractivity contribution in [3.8, 4) is 5.75 Å². The maximum atomic E-state index is 13.8. The van der Waals surface area contributed by atoms with Crippen LogP contribution in [-0.4, -0.2) is 80.7 Å². The van der Waals surface area contributed by atoms with E-state index in [9.17, 15) is 39.6 Å². The summed E-state index contributed by atoms with van der Waals surface area (Å²) in [6, 6.07) is 11.3. The highest BCUT2D eigenvalue weighted by Crippen LogP contribution is 2.56. The highest BCUT2D eigenvalue weighted by atomic mass is 16.6. The van der Waals surface area contributed by atoms with Crippen LogP contribution in [0.2, 0.25) is 0 Å². The summed E-state index contributed by atoms with van der Waals surface area (Å²) in [5, 5.41) is 47.9. The Morgan fingerprint density at radius 3 is 2.29 bits per heavy atom. The first-order chi connectivity index (χ1) is 19.3. The van der Waals surface area contributed by atoms with E-state index in [1.165, 1.54) is 31.1 Å². The Labute approximate surface area is 234 Å². The van der Waals surface area contributed by atoms with E-state index in [0.717, 1.165) is 0 Å². The predicted molar refractivity (Wildman–Crippen MR) is 144 cm³/mol. The second-order valence-corrected chi connectivity index (χ2v) is 10.7. The number of ketones is 2. The molecular weight excluding hydrogens is 534 g/mol. The van der Waals surface area contributed by atoms with Gasteiger partial charge in [-0.05, 0) is 43.8 Å². The number of anilines is 1. The molecule has 0 heterocycles. The van der Waals surface area contributed by atoms with Crippen molar-refractivity contribution in [2.45, 2.75) is 30.6 Å². The number of fused-ring (bicyclic) bond motifs is 3. The van der Waals surface area contributed by atoms with Crippen LogP contribution in [0.1, 0.15) is 28.8 Å². The number of nitrogens with one attached hydrogen (secondary N) is 1. The van der Waals surface area contributed by atoms with Gasteiger partial charge < -0.3 is 30.9 Å². The second-order valence-electron chi connectivity index (χ2n) is 10.7. The predicted octanol–water partition coefficient (Wildman–Crippen LogP) is 1.91. The number of ether oxygens (including phenoxy) is 1. The molecule has 2 amide bonds. The number of rotatable bonds is 4. The molecule has 6 atom stereocenters. The van der Waals surface area contributed by atoms with Gasteiger partial charge in [0.15, 0.2) is 11.4 Å². The standard InChI is InChI=1S/C29H29N3O9/c1-12-14-10-7-11-15(33)17(14)22(34)18-16(12)24(41-28(39)31-13-8-5-4-6-9-13)20-21(32(2)3)23(35)19(27(30)38)26(37)29(20,40)25(18)36/h4-12,16,20-21,24,33,35-36,40H,1-3H3,(H2,30,38)(H,31,39)/t12-,16+,20+,21-,24-,29-/m0/s1. The van der Waals surface area contributed by atoms with Crippen molar-refractivity contribution in [2.75, 3.05) is 19.4 Å². The number of carbonyl (C=O) groups excluding carboxylic acids is 4. The number of Topliss-reactive ketones (excluding diaryl/α,β-unsaturated/α-hetero) is 2. The Hall–Kier alpha value is -4.68. The van der Waals surface area contributed by atoms with Gasteiger partial charge in [0, 0.05) is 17.2 Å². The molecule has 0 saturated carbocycles. The van der Waals surface area contributed by atoms with E-state index in [4.69, 9.17) is 10.5 Å². The normalized spacial score (nSPS) is 29.0. The van der Waals surface area contributed by atoms with Gasteiger partial charge in [-0.3, -0.25) is 24.6 Å². The van der Waals surface area contributed by atoms with E-state index in [0.29, 0.717) is 11.3 Å². The average Bonchev–Trinajstić information content (AvgIpc) is 2.90. The Balaban J connectivity index is 1.77. The molecule has 0 spiro atoms. The minimum atomic E-state index is -3.01. The summed E-state index contributed by atoms with van der Waals surface area (Å²) in [6.07, 6.45) is -2.52. The van der Waals surface area contributed by atoms with Gasteiger partial charge in [-0.2, -0.15) is 0 Å². The highest BCUT2D eigenvalue weighted by molar-refractivity contribution is 6.25. The molecule has 7 N–H and O–H groups in total. The number of para-hydroxylation sites is 1. The van der Waals surface area contributed by atoms with Crippen LogP contribution >= 0.6 is 0 Å². The Morgan fingerprint density at radius 1 is 1.02 bits per heavy atom. The Bertz CT molecular complexity index is 1550. The highest BCUT2D eigenvalue weighted by Gasteiger charge is 2.68. The summed E-state index contributed by atoms with van der Waals surface area (Å²) in [4.78, 5) is 54.5. The maximum Gasteiger partial charge on any atom is 0.411 e. The number of nitrogens with zero attached hydrogens (tertiary/aromatic N) is 1. The van der Waals surface area contributed by atoms with Gasteiger partial charge in [0.2, 0.25) is 5.78 Å². The number of amides is 2. The Morgan fingerprint density at radius 2 is 1.68 bits per heavy atom. The molecular formula is C29H29N3O9. The SMILES string of the molecule is C[C@H]1c2cccc(O)c2C(=O)C2=C(O)[C@]3(O)C(=O)C(C(N)=O)=C(O)[C@@H](N(C)C)[C@@H]3[C@@H](OC(=O)Nc3ccccc3)[C@@H]21. The third-order valence-electron chi connectivity index (χ3n) is 8.23. The lowest BCUT2D eigenvalue weighted by molar-refractivity contribution is -0.162. The van der Waals surface area contributed by atoms with Gasteiger partial charge in [0.05, 0.1) is 17.5 Å². The number of phenolic OH excluding ortho intramolecular Hbond substituents is 1. The van der Waals surface area contributed by atoms with Gasteiger partial charge in [0.1, 0.15) is 28.9 Å². The van der Waals surface area contributed by atoms with Crippen LogP contribution in [0, 0.1) is 11.8 Å². The molecule has 41 heavy (non-hydrogen) atoms. The lowest BCUT2D eigenvalue weighted by atomic mass is 9.55. The molecule has 0 fully saturated rings. The largest absolute Gasteiger partial charge is 0.510 e. The zero-order valence-electron chi connectivity index (χ0n) is 22.4. The number of likely N-dealkylation sites (N-methyl/N-ethyl adjacent to an activating group) is 1. The summed E-state index contributed by atoms with van der Waals surface area (Å²) in [5.41, 5.74) is 1.59. The molecule has 0 bridgehead atoms. The van der Waals surface area contributed by atoms with E-state index in [1.54, 1.807) is 43.3 Å². The van der Waals surface area contributed by atoms with Crippen molar-refractivity contribution in [3.05, 3.63) is 82.3 Å². The molecule has 0 unspecified atom stereocenters. The number of aromatic hydroxyl groups is 1. The van der Waals surface area contributed by atoms with Crippen molar-refractivity contribution in [3.63, 3.8) is 0 Å². The van der Waals surface area contributed by atoms with Crippen LogP contribution in [0.15, 0.2) is 71.2 Å². The van der Waals surface area contributed by atoms with Gasteiger partial charge in [-0.15, -0.1) is 0 Å². The van der Waals surface area contributed by atoms with E-state index in [1.807, 2.05) is 0 Å². The monoisotopic (exact) mass is 563 g/mol. The molecule has 3 aliphatic rings. The van der Waals surface area contributed by atoms with E-state index >= 15 is 0 Å². The first-order valence-electron chi connectivity index (χ1n) is 12.8. The minimum absolute atomic E-state index is 0.145. The van der Waals surface area contributed by atoms with Crippen LogP contribution in [0.5, 0.6) is 5.75 Å². The van der Waals surface area contributed by atoms with Crippen molar-refractivity contribution in [1.29, 1.82) is 0 Å². The summed E-state index contributed by atoms with van der Waals surface area (Å²) >= 11 is 0. The summed E-state index contributed by atoms with van der Waals surface area (Å²) < 4.78 is 5.89. The van der Waals surface area contributed by atoms with Crippen LogP contribution in [0.3, 0.4) is 0 Å². The topological polar surface area (TPSA) is 200 Å². The summed E-state index contributed by atoms with van der Waals surface area (Å²) in [5.74, 6) is -9.37. The molecule has 12 nitrogen and oxygen atoms in total. The van der Waals surface area contributed by atoms with Crippen LogP contribution in [-0.2, 0) is 14.3 Å². The van der Waals surface area contributed by atoms with E-state index < -0.39 is 81.7 Å². The molecule has 214 valence electrons. The summed E-state index contributed by atoms with van der Waals surface area (Å²) in [6.45, 7) is 1.68. The number of benzene rings is 2. The zero-order valence-corrected chi connectivity index (χ0v) is 22.4. The molecule has 12 heteroatoms. The quantitative estimate of drug-likeness (QED) is 0.299. The molecule has 0 saturated heterocycles. The molecule has 0 aromatic heterocycles. The van der Waals surface area contributed by atoms with Crippen molar-refractivity contribution in [2.24, 2.45) is 17.6 Å². The number of aliphatic hydroxyl groups excluding tert-OH is 2. The van der Waals surface area contributed by atoms with Crippen molar-refractivity contribution < 1.29 is 44.3 Å². The lowest BCUT2D eigenvalue weighted by Gasteiger charge is -2.54. The number of carbonyl (C=O) groups is 4. The van der Waals surface area contributed by atoms with Crippen molar-refractivity contribution in [1.82, 2.24) is 4.90 Å². The van der Waals surface area contributed by atoms with E-state index in [-0.39, 0.29) is 11.3 Å². The number of phenols is 1. The lowest BCUT2D eigenvalue weighted by Crippen LogP contribution is -2.69. The van der Waals surface area contributed by atoms with Crippen LogP contribution < -0.4 is 11.1 Å². The van der Waals surface area contributed by atoms with Crippen LogP contribution in [0.25, 0.3) is 0 Å². The van der Waals surface area contributed by atoms with Crippen LogP contribution in [0.4, 0.5) is 10.5 Å². The maximum absolute atomic E-state index is 13.8. The molecule has 2 aromatic rings. The number of aliphatic hydroxyl groups is 3. The van der Waals surface area contributed by atoms with Crippen molar-refractivity contribution >= 4 is 29.3 Å². The fraction of sp³-hybridized carbons (Fsp3) is 0.310. The number of hydrogen-bond donors (Lipinski definition) is 6. The first-order valence-corrected chi connectivity index (χ1v) is 12.8. The second kappa shape index (κ2) is 9.75. The van der Waals surface area contributed by atoms with Gasteiger partial charge >= 0.3 is 6.09 Å².